The smallest absolute Gasteiger partial charge is 0.233 e. The molecule has 0 radical (unpaired) electrons. The molecule has 1 N–H and O–H groups in total. The van der Waals surface area contributed by atoms with Crippen LogP contribution in [0, 0.1) is 0 Å². The number of hydrogen-bond acceptors (Lipinski definition) is 5. The van der Waals surface area contributed by atoms with Gasteiger partial charge in [0.05, 0.1) is 17.0 Å². The Bertz CT molecular complexity index is 927. The van der Waals surface area contributed by atoms with Gasteiger partial charge in [0.2, 0.25) is 11.1 Å². The summed E-state index contributed by atoms with van der Waals surface area (Å²) in [6, 6.07) is 18.1. The summed E-state index contributed by atoms with van der Waals surface area (Å²) in [4.78, 5) is 12.8. The molecular formula is C20H21N5OS. The lowest BCUT2D eigenvalue weighted by molar-refractivity contribution is -0.121. The molecule has 2 atom stereocenters. The lowest BCUT2D eigenvalue weighted by Crippen LogP contribution is -2.36. The summed E-state index contributed by atoms with van der Waals surface area (Å²) < 4.78 is 1.66. The Kier molecular flexibility index (Phi) is 5.20. The first-order valence-corrected chi connectivity index (χ1v) is 9.99. The van der Waals surface area contributed by atoms with E-state index in [0.717, 1.165) is 24.9 Å². The Morgan fingerprint density at radius 1 is 1.19 bits per heavy atom. The molecule has 2 aromatic carbocycles. The number of amides is 1. The van der Waals surface area contributed by atoms with Crippen molar-refractivity contribution in [2.45, 2.75) is 42.6 Å². The molecule has 1 aliphatic carbocycles. The molecule has 1 aromatic heterocycles. The number of aromatic nitrogens is 4. The van der Waals surface area contributed by atoms with E-state index >= 15 is 0 Å². The van der Waals surface area contributed by atoms with Gasteiger partial charge in [0.1, 0.15) is 0 Å². The molecular weight excluding hydrogens is 358 g/mol. The highest BCUT2D eigenvalue weighted by molar-refractivity contribution is 8.00. The van der Waals surface area contributed by atoms with E-state index in [1.54, 1.807) is 4.68 Å². The third-order valence-corrected chi connectivity index (χ3v) is 5.81. The summed E-state index contributed by atoms with van der Waals surface area (Å²) in [5.74, 6) is 0.00400. The predicted molar refractivity (Wildman–Crippen MR) is 105 cm³/mol. The Hall–Kier alpha value is -2.67. The van der Waals surface area contributed by atoms with E-state index in [9.17, 15) is 4.79 Å². The van der Waals surface area contributed by atoms with E-state index in [2.05, 4.69) is 39.0 Å². The molecule has 138 valence electrons. The van der Waals surface area contributed by atoms with Crippen LogP contribution in [-0.4, -0.2) is 31.4 Å². The molecule has 0 saturated heterocycles. The summed E-state index contributed by atoms with van der Waals surface area (Å²) in [5, 5.41) is 15.4. The number of nitrogens with one attached hydrogen (secondary N) is 1. The number of nitrogens with zero attached hydrogens (tertiary/aromatic N) is 4. The van der Waals surface area contributed by atoms with Crippen molar-refractivity contribution in [3.05, 3.63) is 65.7 Å². The summed E-state index contributed by atoms with van der Waals surface area (Å²) in [5.41, 5.74) is 3.45. The van der Waals surface area contributed by atoms with E-state index in [0.29, 0.717) is 5.16 Å². The van der Waals surface area contributed by atoms with Crippen molar-refractivity contribution in [3.8, 4) is 5.69 Å². The molecule has 0 fully saturated rings. The second-order valence-electron chi connectivity index (χ2n) is 6.62. The molecule has 1 amide bonds. The molecule has 6 nitrogen and oxygen atoms in total. The number of tetrazole rings is 1. The van der Waals surface area contributed by atoms with Crippen LogP contribution in [0.1, 0.15) is 36.9 Å². The largest absolute Gasteiger partial charge is 0.348 e. The average Bonchev–Trinajstić information content (AvgIpc) is 3.17. The maximum Gasteiger partial charge on any atom is 0.233 e. The maximum absolute atomic E-state index is 12.8. The van der Waals surface area contributed by atoms with E-state index in [-0.39, 0.29) is 17.2 Å². The highest BCUT2D eigenvalue weighted by Crippen LogP contribution is 2.30. The lowest BCUT2D eigenvalue weighted by Gasteiger charge is -2.27. The third kappa shape index (κ3) is 3.88. The maximum atomic E-state index is 12.8. The summed E-state index contributed by atoms with van der Waals surface area (Å²) >= 11 is 1.36. The minimum atomic E-state index is -0.299. The summed E-state index contributed by atoms with van der Waals surface area (Å²) in [6.07, 6.45) is 3.15. The number of para-hydroxylation sites is 1. The monoisotopic (exact) mass is 379 g/mol. The highest BCUT2D eigenvalue weighted by atomic mass is 32.2. The van der Waals surface area contributed by atoms with Crippen LogP contribution in [0.2, 0.25) is 0 Å². The van der Waals surface area contributed by atoms with Crippen LogP contribution in [0.25, 0.3) is 5.69 Å². The quantitative estimate of drug-likeness (QED) is 0.689. The summed E-state index contributed by atoms with van der Waals surface area (Å²) in [6.45, 7) is 1.89. The van der Waals surface area contributed by atoms with Crippen molar-refractivity contribution in [1.29, 1.82) is 0 Å². The van der Waals surface area contributed by atoms with Crippen molar-refractivity contribution < 1.29 is 4.79 Å². The van der Waals surface area contributed by atoms with Crippen LogP contribution in [-0.2, 0) is 11.2 Å². The standard InChI is InChI=1S/C20H21N5OS/c1-14(27-20-22-23-24-25(20)16-10-3-2-4-11-16)19(26)21-18-13-7-9-15-8-5-6-12-17(15)18/h2-6,8,10-12,14,18H,7,9,13H2,1H3,(H,21,26)/t14-,18-/m1/s1. The Morgan fingerprint density at radius 3 is 2.81 bits per heavy atom. The fourth-order valence-corrected chi connectivity index (χ4v) is 4.20. The molecule has 1 heterocycles. The number of thioether (sulfide) groups is 1. The average molecular weight is 379 g/mol. The van der Waals surface area contributed by atoms with Crippen LogP contribution in [0.3, 0.4) is 0 Å². The number of aryl methyl sites for hydroxylation is 1. The zero-order chi connectivity index (χ0) is 18.6. The van der Waals surface area contributed by atoms with E-state index in [1.807, 2.05) is 43.3 Å². The van der Waals surface area contributed by atoms with Crippen molar-refractivity contribution in [2.24, 2.45) is 0 Å². The molecule has 7 heteroatoms. The van der Waals surface area contributed by atoms with Gasteiger partial charge in [0, 0.05) is 0 Å². The molecule has 0 unspecified atom stereocenters. The van der Waals surface area contributed by atoms with Crippen molar-refractivity contribution in [3.63, 3.8) is 0 Å². The molecule has 3 aromatic rings. The Morgan fingerprint density at radius 2 is 1.96 bits per heavy atom. The van der Waals surface area contributed by atoms with Crippen LogP contribution < -0.4 is 5.32 Å². The molecule has 4 rings (SSSR count). The van der Waals surface area contributed by atoms with Gasteiger partial charge < -0.3 is 5.32 Å². The van der Waals surface area contributed by atoms with Gasteiger partial charge in [-0.3, -0.25) is 4.79 Å². The zero-order valence-electron chi connectivity index (χ0n) is 15.1. The summed E-state index contributed by atoms with van der Waals surface area (Å²) in [7, 11) is 0. The number of hydrogen-bond donors (Lipinski definition) is 1. The van der Waals surface area contributed by atoms with E-state index < -0.39 is 0 Å². The normalized spacial score (nSPS) is 17.1. The molecule has 0 saturated carbocycles. The van der Waals surface area contributed by atoms with E-state index in [4.69, 9.17) is 0 Å². The number of fused-ring (bicyclic) bond motifs is 1. The van der Waals surface area contributed by atoms with Gasteiger partial charge >= 0.3 is 0 Å². The molecule has 0 spiro atoms. The SMILES string of the molecule is C[C@@H](Sc1nnnn1-c1ccccc1)C(=O)N[C@@H]1CCCc2ccccc21. The van der Waals surface area contributed by atoms with Crippen molar-refractivity contribution in [1.82, 2.24) is 25.5 Å². The first-order chi connectivity index (χ1) is 13.2. The van der Waals surface area contributed by atoms with Gasteiger partial charge in [0.25, 0.3) is 0 Å². The van der Waals surface area contributed by atoms with Gasteiger partial charge in [-0.15, -0.1) is 5.10 Å². The number of benzene rings is 2. The molecule has 1 aliphatic rings. The molecule has 27 heavy (non-hydrogen) atoms. The van der Waals surface area contributed by atoms with Crippen molar-refractivity contribution in [2.75, 3.05) is 0 Å². The molecule has 0 aliphatic heterocycles. The Balaban J connectivity index is 1.45. The minimum absolute atomic E-state index is 0.00400. The number of carbonyl (C=O) groups is 1. The topological polar surface area (TPSA) is 72.7 Å². The van der Waals surface area contributed by atoms with Crippen molar-refractivity contribution >= 4 is 17.7 Å². The third-order valence-electron chi connectivity index (χ3n) is 4.78. The second kappa shape index (κ2) is 7.92. The highest BCUT2D eigenvalue weighted by Gasteiger charge is 2.25. The fraction of sp³-hybridized carbons (Fsp3) is 0.300. The fourth-order valence-electron chi connectivity index (χ4n) is 3.39. The van der Waals surface area contributed by atoms with Crippen LogP contribution >= 0.6 is 11.8 Å². The second-order valence-corrected chi connectivity index (χ2v) is 7.93. The first kappa shape index (κ1) is 17.7. The van der Waals surface area contributed by atoms with Crippen LogP contribution in [0.15, 0.2) is 59.8 Å². The first-order valence-electron chi connectivity index (χ1n) is 9.11. The minimum Gasteiger partial charge on any atom is -0.348 e. The molecule has 0 bridgehead atoms. The predicted octanol–water partition coefficient (Wildman–Crippen LogP) is 3.34. The van der Waals surface area contributed by atoms with Gasteiger partial charge in [-0.2, -0.15) is 4.68 Å². The number of rotatable bonds is 5. The van der Waals surface area contributed by atoms with Gasteiger partial charge in [-0.1, -0.05) is 54.2 Å². The van der Waals surface area contributed by atoms with E-state index in [1.165, 1.54) is 22.9 Å². The van der Waals surface area contributed by atoms with Gasteiger partial charge in [0.15, 0.2) is 0 Å². The van der Waals surface area contributed by atoms with Gasteiger partial charge in [-0.05, 0) is 59.9 Å². The number of carbonyl (C=O) groups excluding carboxylic acids is 1. The van der Waals surface area contributed by atoms with Crippen LogP contribution in [0.5, 0.6) is 0 Å². The lowest BCUT2D eigenvalue weighted by atomic mass is 9.88. The Labute approximate surface area is 162 Å². The van der Waals surface area contributed by atoms with Crippen LogP contribution in [0.4, 0.5) is 0 Å². The zero-order valence-corrected chi connectivity index (χ0v) is 15.9. The van der Waals surface area contributed by atoms with Gasteiger partial charge in [-0.25, -0.2) is 0 Å².